The van der Waals surface area contributed by atoms with Crippen molar-refractivity contribution in [3.05, 3.63) is 28.8 Å². The molecular weight excluding hydrogens is 192 g/mol. The normalized spacial score (nSPS) is 14.7. The molecule has 80 valence electrons. The summed E-state index contributed by atoms with van der Waals surface area (Å²) in [5.41, 5.74) is 3.04. The van der Waals surface area contributed by atoms with Crippen molar-refractivity contribution >= 4 is 5.97 Å². The molecule has 0 atom stereocenters. The summed E-state index contributed by atoms with van der Waals surface area (Å²) in [6, 6.07) is 3.35. The first-order chi connectivity index (χ1) is 7.16. The van der Waals surface area contributed by atoms with E-state index in [2.05, 4.69) is 0 Å². The minimum atomic E-state index is -0.839. The minimum absolute atomic E-state index is 0.0106. The number of carboxylic acid groups (broad SMARTS) is 1. The number of hydrogen-bond donors (Lipinski definition) is 2. The van der Waals surface area contributed by atoms with Gasteiger partial charge >= 0.3 is 5.97 Å². The lowest BCUT2D eigenvalue weighted by molar-refractivity contribution is -0.136. The van der Waals surface area contributed by atoms with Gasteiger partial charge in [0.25, 0.3) is 0 Å². The fourth-order valence-electron chi connectivity index (χ4n) is 2.26. The van der Waals surface area contributed by atoms with E-state index < -0.39 is 5.97 Å². The number of phenols is 1. The Hall–Kier alpha value is -1.51. The fourth-order valence-corrected chi connectivity index (χ4v) is 2.26. The van der Waals surface area contributed by atoms with Gasteiger partial charge < -0.3 is 10.2 Å². The number of fused-ring (bicyclic) bond motifs is 1. The first-order valence-corrected chi connectivity index (χ1v) is 5.22. The molecule has 1 aromatic carbocycles. The van der Waals surface area contributed by atoms with Gasteiger partial charge in [0.15, 0.2) is 0 Å². The second-order valence-electron chi connectivity index (χ2n) is 4.02. The van der Waals surface area contributed by atoms with Crippen molar-refractivity contribution in [1.82, 2.24) is 0 Å². The van der Waals surface area contributed by atoms with Gasteiger partial charge in [-0.3, -0.25) is 4.79 Å². The van der Waals surface area contributed by atoms with Crippen molar-refractivity contribution in [2.45, 2.75) is 32.1 Å². The van der Waals surface area contributed by atoms with Crippen molar-refractivity contribution in [2.75, 3.05) is 0 Å². The highest BCUT2D eigenvalue weighted by molar-refractivity contribution is 5.71. The molecule has 3 nitrogen and oxygen atoms in total. The zero-order valence-corrected chi connectivity index (χ0v) is 8.49. The molecule has 0 spiro atoms. The zero-order chi connectivity index (χ0) is 10.8. The van der Waals surface area contributed by atoms with Crippen LogP contribution in [0.2, 0.25) is 0 Å². The lowest BCUT2D eigenvalue weighted by Crippen LogP contribution is -2.09. The molecule has 2 rings (SSSR count). The highest BCUT2D eigenvalue weighted by Gasteiger charge is 2.16. The number of phenolic OH excluding ortho intramolecular Hbond substituents is 1. The van der Waals surface area contributed by atoms with Crippen molar-refractivity contribution in [1.29, 1.82) is 0 Å². The van der Waals surface area contributed by atoms with E-state index in [9.17, 15) is 9.90 Å². The molecule has 0 saturated heterocycles. The molecule has 0 amide bonds. The summed E-state index contributed by atoms with van der Waals surface area (Å²) < 4.78 is 0. The summed E-state index contributed by atoms with van der Waals surface area (Å²) in [6.45, 7) is 0. The number of carboxylic acids is 1. The van der Waals surface area contributed by atoms with Crippen LogP contribution < -0.4 is 0 Å². The number of aliphatic carboxylic acids is 1. The van der Waals surface area contributed by atoms with Gasteiger partial charge in [0.1, 0.15) is 5.75 Å². The van der Waals surface area contributed by atoms with Crippen LogP contribution >= 0.6 is 0 Å². The molecule has 0 bridgehead atoms. The maximum absolute atomic E-state index is 10.7. The van der Waals surface area contributed by atoms with Crippen molar-refractivity contribution < 1.29 is 15.0 Å². The van der Waals surface area contributed by atoms with E-state index in [4.69, 9.17) is 5.11 Å². The van der Waals surface area contributed by atoms with Crippen molar-refractivity contribution in [3.63, 3.8) is 0 Å². The Morgan fingerprint density at radius 3 is 2.73 bits per heavy atom. The van der Waals surface area contributed by atoms with Gasteiger partial charge in [0.2, 0.25) is 0 Å². The third-order valence-electron chi connectivity index (χ3n) is 2.88. The first kappa shape index (κ1) is 10.0. The number of rotatable bonds is 2. The van der Waals surface area contributed by atoms with E-state index in [1.54, 1.807) is 12.1 Å². The van der Waals surface area contributed by atoms with Gasteiger partial charge in [-0.2, -0.15) is 0 Å². The van der Waals surface area contributed by atoms with Crippen LogP contribution in [0.5, 0.6) is 5.75 Å². The molecule has 15 heavy (non-hydrogen) atoms. The molecule has 1 aliphatic carbocycles. The fraction of sp³-hybridized carbons (Fsp3) is 0.417. The second-order valence-corrected chi connectivity index (χ2v) is 4.02. The number of aromatic hydroxyl groups is 1. The van der Waals surface area contributed by atoms with Gasteiger partial charge in [-0.25, -0.2) is 0 Å². The van der Waals surface area contributed by atoms with Crippen LogP contribution in [0, 0.1) is 0 Å². The van der Waals surface area contributed by atoms with Gasteiger partial charge in [-0.05, 0) is 54.5 Å². The zero-order valence-electron chi connectivity index (χ0n) is 8.49. The molecule has 0 fully saturated rings. The summed E-state index contributed by atoms with van der Waals surface area (Å²) in [6.07, 6.45) is 4.15. The number of carbonyl (C=O) groups is 1. The summed E-state index contributed by atoms with van der Waals surface area (Å²) >= 11 is 0. The molecule has 1 aliphatic rings. The second kappa shape index (κ2) is 3.93. The van der Waals surface area contributed by atoms with Crippen LogP contribution in [0.1, 0.15) is 29.5 Å². The lowest BCUT2D eigenvalue weighted by Gasteiger charge is -2.19. The maximum atomic E-state index is 10.7. The molecule has 1 aromatic rings. The monoisotopic (exact) mass is 206 g/mol. The van der Waals surface area contributed by atoms with E-state index in [0.717, 1.165) is 42.4 Å². The summed E-state index contributed by atoms with van der Waals surface area (Å²) in [4.78, 5) is 10.7. The van der Waals surface area contributed by atoms with Crippen LogP contribution in [-0.4, -0.2) is 16.2 Å². The third kappa shape index (κ3) is 2.12. The topological polar surface area (TPSA) is 57.5 Å². The Bertz CT molecular complexity index is 396. The van der Waals surface area contributed by atoms with E-state index in [1.807, 2.05) is 0 Å². The van der Waals surface area contributed by atoms with E-state index in [0.29, 0.717) is 0 Å². The predicted molar refractivity (Wildman–Crippen MR) is 56.1 cm³/mol. The Labute approximate surface area is 88.4 Å². The Morgan fingerprint density at radius 2 is 2.00 bits per heavy atom. The quantitative estimate of drug-likeness (QED) is 0.777. The summed E-state index contributed by atoms with van der Waals surface area (Å²) in [7, 11) is 0. The lowest BCUT2D eigenvalue weighted by atomic mass is 9.87. The molecule has 0 heterocycles. The van der Waals surface area contributed by atoms with E-state index in [-0.39, 0.29) is 12.2 Å². The standard InChI is InChI=1S/C12H14O3/c13-10-5-8-3-1-2-4-11(8)9(6-10)7-12(14)15/h5-6,13H,1-4,7H2,(H,14,15). The predicted octanol–water partition coefficient (Wildman–Crippen LogP) is 1.90. The first-order valence-electron chi connectivity index (χ1n) is 5.22. The van der Waals surface area contributed by atoms with E-state index >= 15 is 0 Å². The maximum Gasteiger partial charge on any atom is 0.307 e. The van der Waals surface area contributed by atoms with Crippen LogP contribution in [-0.2, 0) is 24.1 Å². The summed E-state index contributed by atoms with van der Waals surface area (Å²) in [5.74, 6) is -0.653. The highest BCUT2D eigenvalue weighted by Crippen LogP contribution is 2.28. The summed E-state index contributed by atoms with van der Waals surface area (Å²) in [5, 5.41) is 18.3. The smallest absolute Gasteiger partial charge is 0.307 e. The van der Waals surface area contributed by atoms with Gasteiger partial charge in [0.05, 0.1) is 6.42 Å². The molecule has 2 N–H and O–H groups in total. The largest absolute Gasteiger partial charge is 0.508 e. The minimum Gasteiger partial charge on any atom is -0.508 e. The SMILES string of the molecule is O=C(O)Cc1cc(O)cc2c1CCCC2. The Morgan fingerprint density at radius 1 is 1.27 bits per heavy atom. The average Bonchev–Trinajstić information content (AvgIpc) is 2.16. The molecule has 0 unspecified atom stereocenters. The number of benzene rings is 1. The van der Waals surface area contributed by atoms with Gasteiger partial charge in [-0.15, -0.1) is 0 Å². The third-order valence-corrected chi connectivity index (χ3v) is 2.88. The number of aryl methyl sites for hydroxylation is 1. The molecule has 3 heteroatoms. The molecule has 0 aromatic heterocycles. The number of hydrogen-bond acceptors (Lipinski definition) is 2. The van der Waals surface area contributed by atoms with E-state index in [1.165, 1.54) is 0 Å². The highest BCUT2D eigenvalue weighted by atomic mass is 16.4. The molecule has 0 radical (unpaired) electrons. The van der Waals surface area contributed by atoms with Crippen LogP contribution in [0.15, 0.2) is 12.1 Å². The molecular formula is C12H14O3. The van der Waals surface area contributed by atoms with Crippen molar-refractivity contribution in [2.24, 2.45) is 0 Å². The Balaban J connectivity index is 2.43. The van der Waals surface area contributed by atoms with Crippen LogP contribution in [0.3, 0.4) is 0 Å². The van der Waals surface area contributed by atoms with Gasteiger partial charge in [-0.1, -0.05) is 0 Å². The van der Waals surface area contributed by atoms with Crippen LogP contribution in [0.4, 0.5) is 0 Å². The molecule has 0 aliphatic heterocycles. The Kier molecular flexibility index (Phi) is 2.62. The van der Waals surface area contributed by atoms with Crippen molar-refractivity contribution in [3.8, 4) is 5.75 Å². The molecule has 0 saturated carbocycles. The van der Waals surface area contributed by atoms with Crippen LogP contribution in [0.25, 0.3) is 0 Å². The average molecular weight is 206 g/mol. The van der Waals surface area contributed by atoms with Gasteiger partial charge in [0, 0.05) is 0 Å².